The molecule has 0 N–H and O–H groups in total. The second-order valence-electron chi connectivity index (χ2n) is 14.0. The van der Waals surface area contributed by atoms with Crippen LogP contribution < -0.4 is 0 Å². The van der Waals surface area contributed by atoms with Gasteiger partial charge in [0.1, 0.15) is 22.3 Å². The summed E-state index contributed by atoms with van der Waals surface area (Å²) >= 11 is 0. The summed E-state index contributed by atoms with van der Waals surface area (Å²) in [6.45, 7) is 0. The van der Waals surface area contributed by atoms with Gasteiger partial charge in [-0.05, 0) is 64.2 Å². The lowest BCUT2D eigenvalue weighted by molar-refractivity contribution is 0.669. The molecule has 0 unspecified atom stereocenters. The first-order valence-electron chi connectivity index (χ1n) is 18.7. The quantitative estimate of drug-likeness (QED) is 0.171. The third kappa shape index (κ3) is 5.45. The van der Waals surface area contributed by atoms with Crippen LogP contribution in [0.3, 0.4) is 0 Å². The molecule has 0 radical (unpaired) electrons. The molecule has 56 heavy (non-hydrogen) atoms. The Hall–Kier alpha value is -7.63. The monoisotopic (exact) mass is 717 g/mol. The summed E-state index contributed by atoms with van der Waals surface area (Å²) in [5.74, 6) is 1.80. The van der Waals surface area contributed by atoms with Crippen LogP contribution in [-0.2, 0) is 0 Å². The van der Waals surface area contributed by atoms with Gasteiger partial charge in [-0.25, -0.2) is 15.0 Å². The number of nitrogens with zero attached hydrogens (tertiary/aromatic N) is 3. The highest BCUT2D eigenvalue weighted by Crippen LogP contribution is 2.41. The van der Waals surface area contributed by atoms with Crippen LogP contribution in [0.15, 0.2) is 197 Å². The van der Waals surface area contributed by atoms with E-state index in [1.54, 1.807) is 0 Å². The van der Waals surface area contributed by atoms with Crippen molar-refractivity contribution in [2.24, 2.45) is 0 Å². The Balaban J connectivity index is 1.01. The smallest absolute Gasteiger partial charge is 0.164 e. The Morgan fingerprint density at radius 1 is 0.268 bits per heavy atom. The highest BCUT2D eigenvalue weighted by atomic mass is 16.3. The Labute approximate surface area is 322 Å². The first kappa shape index (κ1) is 31.9. The Bertz CT molecular complexity index is 3250. The van der Waals surface area contributed by atoms with Crippen molar-refractivity contribution >= 4 is 43.9 Å². The second-order valence-corrected chi connectivity index (χ2v) is 14.0. The number of hydrogen-bond donors (Lipinski definition) is 0. The van der Waals surface area contributed by atoms with Gasteiger partial charge in [-0.15, -0.1) is 0 Å². The van der Waals surface area contributed by atoms with Gasteiger partial charge < -0.3 is 8.83 Å². The van der Waals surface area contributed by atoms with Crippen molar-refractivity contribution < 1.29 is 8.83 Å². The standard InChI is InChI=1S/C51H31N3O2/c1-3-13-32(14-4-1)34-17-11-18-36(29-34)50-52-49(33-15-5-2-6-16-33)53-51(54-50)37-25-27-41-44-30-35(26-28-46(44)55-47(41)31-37)38-19-7-8-20-39(38)42-22-12-23-43-40-21-9-10-24-45(40)56-48(42)43/h1-31H. The summed E-state index contributed by atoms with van der Waals surface area (Å²) in [7, 11) is 0. The SMILES string of the molecule is c1ccc(-c2cccc(-c3nc(-c4ccccc4)nc(-c4ccc5c(c4)oc4ccc(-c6ccccc6-c6cccc7c6oc6ccccc67)cc45)n3)c2)cc1. The van der Waals surface area contributed by atoms with Crippen molar-refractivity contribution in [3.05, 3.63) is 188 Å². The van der Waals surface area contributed by atoms with E-state index in [1.807, 2.05) is 54.6 Å². The van der Waals surface area contributed by atoms with Crippen molar-refractivity contribution in [3.8, 4) is 67.5 Å². The Morgan fingerprint density at radius 3 is 1.64 bits per heavy atom. The predicted molar refractivity (Wildman–Crippen MR) is 227 cm³/mol. The molecule has 0 saturated heterocycles. The van der Waals surface area contributed by atoms with Gasteiger partial charge in [-0.2, -0.15) is 0 Å². The zero-order valence-electron chi connectivity index (χ0n) is 30.1. The summed E-state index contributed by atoms with van der Waals surface area (Å²) in [6.07, 6.45) is 0. The number of para-hydroxylation sites is 2. The van der Waals surface area contributed by atoms with Crippen molar-refractivity contribution in [2.45, 2.75) is 0 Å². The minimum absolute atomic E-state index is 0.579. The molecular formula is C51H31N3O2. The molecule has 11 rings (SSSR count). The molecule has 0 aliphatic heterocycles. The van der Waals surface area contributed by atoms with E-state index < -0.39 is 0 Å². The van der Waals surface area contributed by atoms with Crippen LogP contribution in [0.1, 0.15) is 0 Å². The van der Waals surface area contributed by atoms with E-state index in [-0.39, 0.29) is 0 Å². The summed E-state index contributed by atoms with van der Waals surface area (Å²) in [6, 6.07) is 64.6. The molecule has 0 atom stereocenters. The van der Waals surface area contributed by atoms with Crippen molar-refractivity contribution in [3.63, 3.8) is 0 Å². The number of aromatic nitrogens is 3. The molecule has 0 amide bonds. The maximum absolute atomic E-state index is 6.52. The number of hydrogen-bond acceptors (Lipinski definition) is 5. The molecule has 3 heterocycles. The highest BCUT2D eigenvalue weighted by molar-refractivity contribution is 6.11. The zero-order chi connectivity index (χ0) is 37.0. The summed E-state index contributed by atoms with van der Waals surface area (Å²) in [5, 5.41) is 4.30. The Kier molecular flexibility index (Phi) is 7.42. The normalized spacial score (nSPS) is 11.6. The number of rotatable bonds is 6. The third-order valence-electron chi connectivity index (χ3n) is 10.6. The van der Waals surface area contributed by atoms with Gasteiger partial charge in [-0.1, -0.05) is 152 Å². The molecule has 0 fully saturated rings. The topological polar surface area (TPSA) is 65.0 Å². The lowest BCUT2D eigenvalue weighted by Gasteiger charge is -2.11. The minimum atomic E-state index is 0.579. The lowest BCUT2D eigenvalue weighted by atomic mass is 9.93. The van der Waals surface area contributed by atoms with Crippen LogP contribution in [0.2, 0.25) is 0 Å². The number of benzene rings is 8. The van der Waals surface area contributed by atoms with E-state index in [0.29, 0.717) is 17.5 Å². The molecule has 3 aromatic heterocycles. The van der Waals surface area contributed by atoms with Gasteiger partial charge in [0.15, 0.2) is 17.5 Å². The van der Waals surface area contributed by atoms with Crippen LogP contribution in [0, 0.1) is 0 Å². The molecule has 262 valence electrons. The summed E-state index contributed by atoms with van der Waals surface area (Å²) < 4.78 is 13.0. The van der Waals surface area contributed by atoms with Crippen LogP contribution in [0.25, 0.3) is 111 Å². The highest BCUT2D eigenvalue weighted by Gasteiger charge is 2.18. The molecule has 8 aromatic carbocycles. The van der Waals surface area contributed by atoms with E-state index in [0.717, 1.165) is 93.9 Å². The zero-order valence-corrected chi connectivity index (χ0v) is 30.1. The van der Waals surface area contributed by atoms with E-state index in [4.69, 9.17) is 23.8 Å². The van der Waals surface area contributed by atoms with E-state index in [1.165, 1.54) is 0 Å². The molecule has 0 aliphatic rings. The van der Waals surface area contributed by atoms with E-state index in [9.17, 15) is 0 Å². The first-order chi connectivity index (χ1) is 27.7. The maximum Gasteiger partial charge on any atom is 0.164 e. The molecule has 11 aromatic rings. The average molecular weight is 718 g/mol. The van der Waals surface area contributed by atoms with E-state index in [2.05, 4.69) is 133 Å². The second kappa shape index (κ2) is 13.0. The van der Waals surface area contributed by atoms with Crippen LogP contribution in [0.5, 0.6) is 0 Å². The lowest BCUT2D eigenvalue weighted by Crippen LogP contribution is -2.00. The van der Waals surface area contributed by atoms with Crippen LogP contribution in [0.4, 0.5) is 0 Å². The third-order valence-corrected chi connectivity index (χ3v) is 10.6. The predicted octanol–water partition coefficient (Wildman–Crippen LogP) is 13.7. The Morgan fingerprint density at radius 2 is 0.821 bits per heavy atom. The first-order valence-corrected chi connectivity index (χ1v) is 18.7. The van der Waals surface area contributed by atoms with Gasteiger partial charge in [0.2, 0.25) is 0 Å². The van der Waals surface area contributed by atoms with Crippen molar-refractivity contribution in [1.82, 2.24) is 15.0 Å². The molecule has 5 nitrogen and oxygen atoms in total. The maximum atomic E-state index is 6.52. The van der Waals surface area contributed by atoms with Crippen molar-refractivity contribution in [2.75, 3.05) is 0 Å². The van der Waals surface area contributed by atoms with E-state index >= 15 is 0 Å². The van der Waals surface area contributed by atoms with Gasteiger partial charge in [0, 0.05) is 43.8 Å². The molecule has 0 aliphatic carbocycles. The number of furan rings is 2. The van der Waals surface area contributed by atoms with Crippen LogP contribution in [-0.4, -0.2) is 15.0 Å². The molecule has 0 bridgehead atoms. The molecular weight excluding hydrogens is 687 g/mol. The fourth-order valence-electron chi connectivity index (χ4n) is 7.83. The van der Waals surface area contributed by atoms with Gasteiger partial charge in [0.25, 0.3) is 0 Å². The molecule has 5 heteroatoms. The fourth-order valence-corrected chi connectivity index (χ4v) is 7.83. The molecule has 0 saturated carbocycles. The summed E-state index contributed by atoms with van der Waals surface area (Å²) in [4.78, 5) is 15.0. The van der Waals surface area contributed by atoms with Crippen LogP contribution >= 0.6 is 0 Å². The van der Waals surface area contributed by atoms with Gasteiger partial charge in [0.05, 0.1) is 0 Å². The van der Waals surface area contributed by atoms with Gasteiger partial charge >= 0.3 is 0 Å². The average Bonchev–Trinajstić information content (AvgIpc) is 3.85. The number of fused-ring (bicyclic) bond motifs is 6. The van der Waals surface area contributed by atoms with Crippen molar-refractivity contribution in [1.29, 1.82) is 0 Å². The fraction of sp³-hybridized carbons (Fsp3) is 0. The minimum Gasteiger partial charge on any atom is -0.456 e. The summed E-state index contributed by atoms with van der Waals surface area (Å²) in [5.41, 5.74) is 12.7. The largest absolute Gasteiger partial charge is 0.456 e. The van der Waals surface area contributed by atoms with Gasteiger partial charge in [-0.3, -0.25) is 0 Å². The molecule has 0 spiro atoms.